The molecule has 0 aliphatic heterocycles. The lowest BCUT2D eigenvalue weighted by Gasteiger charge is -2.24. The maximum absolute atomic E-state index is 12.8. The Morgan fingerprint density at radius 3 is 2.77 bits per heavy atom. The van der Waals surface area contributed by atoms with E-state index in [0.717, 1.165) is 43.6 Å². The minimum absolute atomic E-state index is 0.0460. The van der Waals surface area contributed by atoms with Gasteiger partial charge in [-0.25, -0.2) is 4.68 Å². The van der Waals surface area contributed by atoms with Gasteiger partial charge in [-0.05, 0) is 58.2 Å². The topological polar surface area (TPSA) is 50.2 Å². The Bertz CT molecular complexity index is 778. The molecule has 1 heterocycles. The molecule has 1 amide bonds. The lowest BCUT2D eigenvalue weighted by Crippen LogP contribution is -2.38. The number of para-hydroxylation sites is 1. The number of likely N-dealkylation sites (N-methyl/N-ethyl adjacent to an activating group) is 1. The van der Waals surface area contributed by atoms with Crippen LogP contribution in [-0.4, -0.2) is 46.3 Å². The molecule has 0 saturated heterocycles. The van der Waals surface area contributed by atoms with Crippen LogP contribution in [-0.2, 0) is 12.8 Å². The zero-order chi connectivity index (χ0) is 18.7. The summed E-state index contributed by atoms with van der Waals surface area (Å²) in [5.41, 5.74) is 5.17. The minimum atomic E-state index is -0.0460. The first kappa shape index (κ1) is 18.6. The molecule has 0 fully saturated rings. The number of aryl methyl sites for hydroxylation is 1. The van der Waals surface area contributed by atoms with Crippen molar-refractivity contribution in [1.82, 2.24) is 20.0 Å². The van der Waals surface area contributed by atoms with Gasteiger partial charge in [-0.1, -0.05) is 25.1 Å². The van der Waals surface area contributed by atoms with E-state index < -0.39 is 0 Å². The molecule has 5 heteroatoms. The van der Waals surface area contributed by atoms with E-state index in [1.54, 1.807) is 0 Å². The van der Waals surface area contributed by atoms with Gasteiger partial charge in [-0.15, -0.1) is 0 Å². The maximum atomic E-state index is 12.8. The molecule has 0 radical (unpaired) electrons. The number of carbonyl (C=O) groups is 1. The number of hydrogen-bond acceptors (Lipinski definition) is 3. The van der Waals surface area contributed by atoms with Crippen LogP contribution in [0.15, 0.2) is 24.3 Å². The highest BCUT2D eigenvalue weighted by Gasteiger charge is 2.27. The lowest BCUT2D eigenvalue weighted by molar-refractivity contribution is 0.0939. The molecule has 0 saturated carbocycles. The molecule has 0 spiro atoms. The van der Waals surface area contributed by atoms with Crippen molar-refractivity contribution in [3.8, 4) is 5.69 Å². The fourth-order valence-electron chi connectivity index (χ4n) is 3.80. The first-order valence-corrected chi connectivity index (χ1v) is 9.72. The Morgan fingerprint density at radius 1 is 1.31 bits per heavy atom. The van der Waals surface area contributed by atoms with Crippen LogP contribution in [0.3, 0.4) is 0 Å². The van der Waals surface area contributed by atoms with Gasteiger partial charge < -0.3 is 5.32 Å². The van der Waals surface area contributed by atoms with E-state index >= 15 is 0 Å². The maximum Gasteiger partial charge on any atom is 0.272 e. The Morgan fingerprint density at radius 2 is 2.08 bits per heavy atom. The highest BCUT2D eigenvalue weighted by molar-refractivity contribution is 5.94. The van der Waals surface area contributed by atoms with Gasteiger partial charge in [0.05, 0.1) is 5.69 Å². The number of hydrogen-bond donors (Lipinski definition) is 1. The summed E-state index contributed by atoms with van der Waals surface area (Å²) in [5, 5.41) is 7.78. The Balaban J connectivity index is 1.78. The molecule has 1 aliphatic carbocycles. The first-order valence-electron chi connectivity index (χ1n) is 9.72. The molecule has 1 aromatic carbocycles. The summed E-state index contributed by atoms with van der Waals surface area (Å²) in [6, 6.07) is 8.70. The average molecular weight is 354 g/mol. The van der Waals surface area contributed by atoms with Gasteiger partial charge in [0.15, 0.2) is 5.69 Å². The Kier molecular flexibility index (Phi) is 5.77. The number of aromatic nitrogens is 2. The third-order valence-electron chi connectivity index (χ3n) is 5.31. The largest absolute Gasteiger partial charge is 0.349 e. The Hall–Kier alpha value is -2.14. The molecular weight excluding hydrogens is 324 g/mol. The number of nitrogens with one attached hydrogen (secondary N) is 1. The SMILES string of the molecule is CCN(CCNC(=O)c1nn(-c2ccccc2C)c2c1CCC2)C(C)C. The molecule has 0 bridgehead atoms. The molecule has 2 aromatic rings. The van der Waals surface area contributed by atoms with Gasteiger partial charge in [0, 0.05) is 30.4 Å². The van der Waals surface area contributed by atoms with Crippen molar-refractivity contribution < 1.29 is 4.79 Å². The molecule has 1 aromatic heterocycles. The van der Waals surface area contributed by atoms with Crippen molar-refractivity contribution in [3.63, 3.8) is 0 Å². The van der Waals surface area contributed by atoms with Crippen molar-refractivity contribution in [2.45, 2.75) is 53.0 Å². The van der Waals surface area contributed by atoms with E-state index in [-0.39, 0.29) is 5.91 Å². The van der Waals surface area contributed by atoms with Crippen LogP contribution in [0.25, 0.3) is 5.69 Å². The smallest absolute Gasteiger partial charge is 0.272 e. The van der Waals surface area contributed by atoms with E-state index in [1.165, 1.54) is 11.3 Å². The molecule has 26 heavy (non-hydrogen) atoms. The van der Waals surface area contributed by atoms with Crippen molar-refractivity contribution in [2.24, 2.45) is 0 Å². The monoisotopic (exact) mass is 354 g/mol. The minimum Gasteiger partial charge on any atom is -0.349 e. The van der Waals surface area contributed by atoms with E-state index in [2.05, 4.69) is 50.0 Å². The molecule has 3 rings (SSSR count). The second-order valence-electron chi connectivity index (χ2n) is 7.30. The third-order valence-corrected chi connectivity index (χ3v) is 5.31. The van der Waals surface area contributed by atoms with Crippen molar-refractivity contribution in [3.05, 3.63) is 46.8 Å². The summed E-state index contributed by atoms with van der Waals surface area (Å²) in [4.78, 5) is 15.1. The van der Waals surface area contributed by atoms with Gasteiger partial charge in [0.25, 0.3) is 5.91 Å². The van der Waals surface area contributed by atoms with Crippen LogP contribution in [0.5, 0.6) is 0 Å². The second-order valence-corrected chi connectivity index (χ2v) is 7.30. The molecule has 0 unspecified atom stereocenters. The van der Waals surface area contributed by atoms with Gasteiger partial charge in [-0.2, -0.15) is 5.10 Å². The van der Waals surface area contributed by atoms with E-state index in [4.69, 9.17) is 5.10 Å². The number of amides is 1. The zero-order valence-electron chi connectivity index (χ0n) is 16.4. The molecule has 140 valence electrons. The highest BCUT2D eigenvalue weighted by atomic mass is 16.2. The van der Waals surface area contributed by atoms with Gasteiger partial charge in [0.1, 0.15) is 0 Å². The van der Waals surface area contributed by atoms with Crippen molar-refractivity contribution >= 4 is 5.91 Å². The lowest BCUT2D eigenvalue weighted by atomic mass is 10.2. The van der Waals surface area contributed by atoms with Crippen molar-refractivity contribution in [2.75, 3.05) is 19.6 Å². The number of benzene rings is 1. The van der Waals surface area contributed by atoms with E-state index in [1.807, 2.05) is 16.8 Å². The number of carbonyl (C=O) groups excluding carboxylic acids is 1. The summed E-state index contributed by atoms with van der Waals surface area (Å²) in [6.45, 7) is 11.1. The quantitative estimate of drug-likeness (QED) is 0.831. The van der Waals surface area contributed by atoms with Crippen molar-refractivity contribution in [1.29, 1.82) is 0 Å². The van der Waals surface area contributed by atoms with Gasteiger partial charge in [0.2, 0.25) is 0 Å². The van der Waals surface area contributed by atoms with E-state index in [9.17, 15) is 4.79 Å². The molecule has 1 N–H and O–H groups in total. The first-order chi connectivity index (χ1) is 12.5. The molecule has 0 atom stereocenters. The van der Waals surface area contributed by atoms with Crippen LogP contribution in [0.4, 0.5) is 0 Å². The number of fused-ring (bicyclic) bond motifs is 1. The number of rotatable bonds is 7. The molecule has 5 nitrogen and oxygen atoms in total. The summed E-state index contributed by atoms with van der Waals surface area (Å²) in [7, 11) is 0. The molecule has 1 aliphatic rings. The summed E-state index contributed by atoms with van der Waals surface area (Å²) in [5.74, 6) is -0.0460. The Labute approximate surface area is 156 Å². The summed E-state index contributed by atoms with van der Waals surface area (Å²) >= 11 is 0. The summed E-state index contributed by atoms with van der Waals surface area (Å²) in [6.07, 6.45) is 3.02. The van der Waals surface area contributed by atoms with Crippen LogP contribution < -0.4 is 5.32 Å². The van der Waals surface area contributed by atoms with Gasteiger partial charge in [-0.3, -0.25) is 9.69 Å². The third kappa shape index (κ3) is 3.68. The number of nitrogens with zero attached hydrogens (tertiary/aromatic N) is 3. The summed E-state index contributed by atoms with van der Waals surface area (Å²) < 4.78 is 1.99. The zero-order valence-corrected chi connectivity index (χ0v) is 16.4. The van der Waals surface area contributed by atoms with E-state index in [0.29, 0.717) is 18.3 Å². The van der Waals surface area contributed by atoms with Gasteiger partial charge >= 0.3 is 0 Å². The van der Waals surface area contributed by atoms with Crippen LogP contribution in [0.2, 0.25) is 0 Å². The normalized spacial score (nSPS) is 13.5. The fraction of sp³-hybridized carbons (Fsp3) is 0.524. The van der Waals surface area contributed by atoms with Crippen LogP contribution in [0.1, 0.15) is 54.5 Å². The standard InChI is InChI=1S/C21H30N4O/c1-5-24(15(2)3)14-13-22-21(26)20-17-10-8-12-19(17)25(23-20)18-11-7-6-9-16(18)4/h6-7,9,11,15H,5,8,10,12-14H2,1-4H3,(H,22,26). The predicted molar refractivity (Wildman–Crippen MR) is 105 cm³/mol. The highest BCUT2D eigenvalue weighted by Crippen LogP contribution is 2.28. The van der Waals surface area contributed by atoms with Crippen LogP contribution in [0, 0.1) is 6.92 Å². The predicted octanol–water partition coefficient (Wildman–Crippen LogP) is 3.13. The van der Waals surface area contributed by atoms with Crippen LogP contribution >= 0.6 is 0 Å². The average Bonchev–Trinajstić information content (AvgIpc) is 3.21. The second kappa shape index (κ2) is 8.04. The fourth-order valence-corrected chi connectivity index (χ4v) is 3.80. The molecular formula is C21H30N4O.